The molecule has 2 N–H and O–H groups in total. The molecule has 1 atom stereocenters. The highest BCUT2D eigenvalue weighted by atomic mass is 35.5. The van der Waals surface area contributed by atoms with E-state index in [0.29, 0.717) is 27.9 Å². The predicted octanol–water partition coefficient (Wildman–Crippen LogP) is 6.21. The van der Waals surface area contributed by atoms with Crippen molar-refractivity contribution in [2.75, 3.05) is 10.0 Å². The molecule has 0 unspecified atom stereocenters. The van der Waals surface area contributed by atoms with Crippen LogP contribution in [-0.4, -0.2) is 20.4 Å². The van der Waals surface area contributed by atoms with Crippen molar-refractivity contribution < 1.29 is 17.9 Å². The van der Waals surface area contributed by atoms with Gasteiger partial charge in [0.2, 0.25) is 0 Å². The first kappa shape index (κ1) is 24.9. The van der Waals surface area contributed by atoms with Crippen LogP contribution in [0.5, 0.6) is 5.75 Å². The van der Waals surface area contributed by atoms with Gasteiger partial charge >= 0.3 is 0 Å². The molecule has 0 fully saturated rings. The number of carbonyl (C=O) groups excluding carboxylic acids is 1. The fourth-order valence-corrected chi connectivity index (χ4v) is 4.66. The van der Waals surface area contributed by atoms with E-state index in [2.05, 4.69) is 10.0 Å². The van der Waals surface area contributed by atoms with Crippen LogP contribution in [0.2, 0.25) is 10.0 Å². The predicted molar refractivity (Wildman–Crippen MR) is 133 cm³/mol. The Balaban J connectivity index is 1.69. The molecule has 0 spiro atoms. The van der Waals surface area contributed by atoms with E-state index in [0.717, 1.165) is 11.1 Å². The zero-order valence-corrected chi connectivity index (χ0v) is 20.7. The number of rotatable bonds is 8. The number of amides is 1. The van der Waals surface area contributed by atoms with Gasteiger partial charge in [-0.25, -0.2) is 8.42 Å². The van der Waals surface area contributed by atoms with Crippen LogP contribution in [0.15, 0.2) is 65.6 Å². The largest absolute Gasteiger partial charge is 0.480 e. The second-order valence-electron chi connectivity index (χ2n) is 7.49. The van der Waals surface area contributed by atoms with Gasteiger partial charge in [-0.05, 0) is 79.9 Å². The Morgan fingerprint density at radius 1 is 0.970 bits per heavy atom. The SMILES string of the molecule is CC[C@@H](Oc1cccc(C)c1C)C(=O)Nc1ccc(S(=O)(=O)Nc2cc(Cl)cc(Cl)c2)cc1. The molecule has 0 radical (unpaired) electrons. The topological polar surface area (TPSA) is 84.5 Å². The van der Waals surface area contributed by atoms with Crippen LogP contribution in [0, 0.1) is 13.8 Å². The lowest BCUT2D eigenvalue weighted by Crippen LogP contribution is -2.32. The number of ether oxygens (including phenoxy) is 1. The Hall–Kier alpha value is -2.74. The number of anilines is 2. The molecule has 3 aromatic rings. The first-order valence-corrected chi connectivity index (χ1v) is 12.5. The van der Waals surface area contributed by atoms with Gasteiger partial charge in [-0.2, -0.15) is 0 Å². The zero-order chi connectivity index (χ0) is 24.2. The average molecular weight is 507 g/mol. The molecule has 6 nitrogen and oxygen atoms in total. The molecule has 0 aliphatic heterocycles. The molecular formula is C24H24Cl2N2O4S. The average Bonchev–Trinajstić information content (AvgIpc) is 2.74. The van der Waals surface area contributed by atoms with Crippen molar-refractivity contribution in [3.63, 3.8) is 0 Å². The minimum absolute atomic E-state index is 0.0234. The number of aryl methyl sites for hydroxylation is 1. The molecular weight excluding hydrogens is 483 g/mol. The fraction of sp³-hybridized carbons (Fsp3) is 0.208. The molecule has 0 aliphatic carbocycles. The smallest absolute Gasteiger partial charge is 0.265 e. The molecule has 1 amide bonds. The summed E-state index contributed by atoms with van der Waals surface area (Å²) in [7, 11) is -3.87. The first-order valence-electron chi connectivity index (χ1n) is 10.2. The monoisotopic (exact) mass is 506 g/mol. The zero-order valence-electron chi connectivity index (χ0n) is 18.4. The highest BCUT2D eigenvalue weighted by molar-refractivity contribution is 7.92. The molecule has 0 heterocycles. The van der Waals surface area contributed by atoms with Crippen LogP contribution < -0.4 is 14.8 Å². The first-order chi connectivity index (χ1) is 15.6. The molecule has 3 rings (SSSR count). The van der Waals surface area contributed by atoms with Crippen molar-refractivity contribution in [3.8, 4) is 5.75 Å². The summed E-state index contributed by atoms with van der Waals surface area (Å²) in [6.07, 6.45) is -0.221. The number of nitrogens with one attached hydrogen (secondary N) is 2. The second kappa shape index (κ2) is 10.5. The summed E-state index contributed by atoms with van der Waals surface area (Å²) in [5.74, 6) is 0.339. The van der Waals surface area contributed by atoms with E-state index in [-0.39, 0.29) is 16.5 Å². The number of benzene rings is 3. The van der Waals surface area contributed by atoms with Crippen molar-refractivity contribution >= 4 is 50.5 Å². The van der Waals surface area contributed by atoms with Crippen molar-refractivity contribution in [1.29, 1.82) is 0 Å². The Morgan fingerprint density at radius 3 is 2.21 bits per heavy atom. The van der Waals surface area contributed by atoms with Gasteiger partial charge in [0.05, 0.1) is 10.6 Å². The van der Waals surface area contributed by atoms with Crippen molar-refractivity contribution in [3.05, 3.63) is 81.8 Å². The van der Waals surface area contributed by atoms with E-state index in [4.69, 9.17) is 27.9 Å². The number of halogens is 2. The van der Waals surface area contributed by atoms with E-state index in [1.54, 1.807) is 0 Å². The lowest BCUT2D eigenvalue weighted by Gasteiger charge is -2.19. The number of hydrogen-bond donors (Lipinski definition) is 2. The second-order valence-corrected chi connectivity index (χ2v) is 10.0. The molecule has 0 saturated carbocycles. The van der Waals surface area contributed by atoms with Crippen LogP contribution in [-0.2, 0) is 14.8 Å². The Kier molecular flexibility index (Phi) is 7.89. The number of hydrogen-bond acceptors (Lipinski definition) is 4. The molecule has 33 heavy (non-hydrogen) atoms. The highest BCUT2D eigenvalue weighted by Gasteiger charge is 2.20. The van der Waals surface area contributed by atoms with Crippen LogP contribution in [0.3, 0.4) is 0 Å². The Morgan fingerprint density at radius 2 is 1.61 bits per heavy atom. The maximum Gasteiger partial charge on any atom is 0.265 e. The van der Waals surface area contributed by atoms with Crippen molar-refractivity contribution in [2.24, 2.45) is 0 Å². The third kappa shape index (κ3) is 6.41. The van der Waals surface area contributed by atoms with Gasteiger partial charge in [0.15, 0.2) is 6.10 Å². The summed E-state index contributed by atoms with van der Waals surface area (Å²) in [5.41, 5.74) is 2.76. The van der Waals surface area contributed by atoms with Crippen LogP contribution in [0.25, 0.3) is 0 Å². The molecule has 0 aromatic heterocycles. The van der Waals surface area contributed by atoms with Crippen LogP contribution in [0.1, 0.15) is 24.5 Å². The molecule has 0 saturated heterocycles. The van der Waals surface area contributed by atoms with E-state index in [1.807, 2.05) is 39.0 Å². The standard InChI is InChI=1S/C24H24Cl2N2O4S/c1-4-22(32-23-7-5-6-15(2)16(23)3)24(29)27-19-8-10-21(11-9-19)33(30,31)28-20-13-17(25)12-18(26)14-20/h5-14,22,28H,4H2,1-3H3,(H,27,29)/t22-/m1/s1. The van der Waals surface area contributed by atoms with Crippen molar-refractivity contribution in [1.82, 2.24) is 0 Å². The normalized spacial score (nSPS) is 12.2. The minimum atomic E-state index is -3.87. The Labute approximate surface area is 203 Å². The lowest BCUT2D eigenvalue weighted by atomic mass is 10.1. The van der Waals surface area contributed by atoms with Gasteiger partial charge in [0, 0.05) is 15.7 Å². The number of sulfonamides is 1. The van der Waals surface area contributed by atoms with Crippen LogP contribution >= 0.6 is 23.2 Å². The van der Waals surface area contributed by atoms with E-state index >= 15 is 0 Å². The van der Waals surface area contributed by atoms with E-state index in [9.17, 15) is 13.2 Å². The highest BCUT2D eigenvalue weighted by Crippen LogP contribution is 2.26. The minimum Gasteiger partial charge on any atom is -0.480 e. The van der Waals surface area contributed by atoms with Gasteiger partial charge in [-0.15, -0.1) is 0 Å². The Bertz CT molecular complexity index is 1240. The summed E-state index contributed by atoms with van der Waals surface area (Å²) < 4.78 is 33.7. The summed E-state index contributed by atoms with van der Waals surface area (Å²) >= 11 is 11.9. The van der Waals surface area contributed by atoms with Crippen molar-refractivity contribution in [2.45, 2.75) is 38.2 Å². The van der Waals surface area contributed by atoms with Gasteiger partial charge in [-0.1, -0.05) is 42.3 Å². The van der Waals surface area contributed by atoms with Crippen LogP contribution in [0.4, 0.5) is 11.4 Å². The maximum atomic E-state index is 12.7. The molecule has 9 heteroatoms. The third-order valence-electron chi connectivity index (χ3n) is 5.03. The quantitative estimate of drug-likeness (QED) is 0.380. The van der Waals surface area contributed by atoms with E-state index < -0.39 is 16.1 Å². The summed E-state index contributed by atoms with van der Waals surface area (Å²) in [6.45, 7) is 5.79. The fourth-order valence-electron chi connectivity index (χ4n) is 3.09. The summed E-state index contributed by atoms with van der Waals surface area (Å²) in [4.78, 5) is 12.8. The van der Waals surface area contributed by atoms with Gasteiger partial charge in [-0.3, -0.25) is 9.52 Å². The van der Waals surface area contributed by atoms with Gasteiger partial charge < -0.3 is 10.1 Å². The molecule has 0 bridgehead atoms. The van der Waals surface area contributed by atoms with Gasteiger partial charge in [0.25, 0.3) is 15.9 Å². The van der Waals surface area contributed by atoms with E-state index in [1.165, 1.54) is 42.5 Å². The molecule has 174 valence electrons. The molecule has 3 aromatic carbocycles. The molecule has 0 aliphatic rings. The number of carbonyl (C=O) groups is 1. The summed E-state index contributed by atoms with van der Waals surface area (Å²) in [6, 6.07) is 15.9. The maximum absolute atomic E-state index is 12.7. The lowest BCUT2D eigenvalue weighted by molar-refractivity contribution is -0.122. The summed E-state index contributed by atoms with van der Waals surface area (Å²) in [5, 5.41) is 3.40. The van der Waals surface area contributed by atoms with Gasteiger partial charge in [0.1, 0.15) is 5.75 Å². The third-order valence-corrected chi connectivity index (χ3v) is 6.87.